The van der Waals surface area contributed by atoms with Crippen molar-refractivity contribution in [2.24, 2.45) is 0 Å². The summed E-state index contributed by atoms with van der Waals surface area (Å²) in [7, 11) is 0. The molecule has 1 atom stereocenters. The van der Waals surface area contributed by atoms with Gasteiger partial charge in [-0.3, -0.25) is 0 Å². The normalized spacial score (nSPS) is 12.0. The highest BCUT2D eigenvalue weighted by Gasteiger charge is 2.05. The lowest BCUT2D eigenvalue weighted by atomic mass is 10.1. The number of hydrogen-bond acceptors (Lipinski definition) is 3. The maximum atomic E-state index is 11.6. The minimum absolute atomic E-state index is 0.0762. The van der Waals surface area contributed by atoms with Gasteiger partial charge in [0.25, 0.3) is 0 Å². The van der Waals surface area contributed by atoms with Crippen LogP contribution in [0, 0.1) is 6.92 Å². The second kappa shape index (κ2) is 7.61. The number of amides is 2. The molecule has 6 nitrogen and oxygen atoms in total. The fourth-order valence-corrected chi connectivity index (χ4v) is 2.11. The molecule has 0 bridgehead atoms. The Hall–Kier alpha value is -2.34. The van der Waals surface area contributed by atoms with Crippen molar-refractivity contribution in [1.29, 1.82) is 0 Å². The third-order valence-electron chi connectivity index (χ3n) is 3.37. The first kappa shape index (κ1) is 16.0. The highest BCUT2D eigenvalue weighted by atomic mass is 16.3. The van der Waals surface area contributed by atoms with Gasteiger partial charge < -0.3 is 20.3 Å². The van der Waals surface area contributed by atoms with E-state index >= 15 is 0 Å². The van der Waals surface area contributed by atoms with Crippen molar-refractivity contribution in [1.82, 2.24) is 20.2 Å². The predicted octanol–water partition coefficient (Wildman–Crippen LogP) is 1.42. The van der Waals surface area contributed by atoms with Crippen LogP contribution in [0.1, 0.15) is 23.9 Å². The second-order valence-corrected chi connectivity index (χ2v) is 5.33. The molecule has 6 heteroatoms. The number of hydrogen-bond donors (Lipinski definition) is 3. The fraction of sp³-hybridized carbons (Fsp3) is 0.375. The van der Waals surface area contributed by atoms with Crippen LogP contribution >= 0.6 is 0 Å². The molecule has 3 N–H and O–H groups in total. The fourth-order valence-electron chi connectivity index (χ4n) is 2.11. The van der Waals surface area contributed by atoms with Crippen LogP contribution in [0.15, 0.2) is 36.7 Å². The van der Waals surface area contributed by atoms with Crippen LogP contribution in [0.4, 0.5) is 4.79 Å². The monoisotopic (exact) mass is 302 g/mol. The van der Waals surface area contributed by atoms with Crippen molar-refractivity contribution in [3.63, 3.8) is 0 Å². The number of aliphatic hydroxyl groups excluding tert-OH is 1. The van der Waals surface area contributed by atoms with Crippen molar-refractivity contribution in [3.05, 3.63) is 53.6 Å². The quantitative estimate of drug-likeness (QED) is 0.755. The zero-order chi connectivity index (χ0) is 15.9. The summed E-state index contributed by atoms with van der Waals surface area (Å²) >= 11 is 0. The summed E-state index contributed by atoms with van der Waals surface area (Å²) in [6.07, 6.45) is 3.73. The van der Waals surface area contributed by atoms with Gasteiger partial charge in [-0.15, -0.1) is 0 Å². The van der Waals surface area contributed by atoms with Gasteiger partial charge >= 0.3 is 6.03 Å². The average Bonchev–Trinajstić information content (AvgIpc) is 2.90. The molecule has 1 heterocycles. The summed E-state index contributed by atoms with van der Waals surface area (Å²) in [4.78, 5) is 15.8. The van der Waals surface area contributed by atoms with E-state index in [1.807, 2.05) is 25.3 Å². The van der Waals surface area contributed by atoms with Gasteiger partial charge in [-0.25, -0.2) is 9.78 Å². The number of aliphatic hydroxyl groups is 1. The number of imidazole rings is 1. The summed E-state index contributed by atoms with van der Waals surface area (Å²) in [5.41, 5.74) is 2.19. The van der Waals surface area contributed by atoms with Crippen molar-refractivity contribution in [2.75, 3.05) is 6.61 Å². The molecular formula is C16H22N4O2. The number of rotatable bonds is 6. The third-order valence-corrected chi connectivity index (χ3v) is 3.37. The number of carbonyl (C=O) groups is 1. The zero-order valence-corrected chi connectivity index (χ0v) is 12.9. The molecule has 2 aromatic rings. The van der Waals surface area contributed by atoms with E-state index < -0.39 is 0 Å². The Morgan fingerprint density at radius 1 is 1.41 bits per heavy atom. The van der Waals surface area contributed by atoms with E-state index in [0.717, 1.165) is 23.5 Å². The molecule has 118 valence electrons. The summed E-state index contributed by atoms with van der Waals surface area (Å²) in [6.45, 7) is 4.84. The third kappa shape index (κ3) is 4.60. The Balaban J connectivity index is 1.91. The molecule has 0 fully saturated rings. The van der Waals surface area contributed by atoms with Crippen LogP contribution in [0.5, 0.6) is 0 Å². The smallest absolute Gasteiger partial charge is 0.315 e. The first-order valence-electron chi connectivity index (χ1n) is 7.29. The summed E-state index contributed by atoms with van der Waals surface area (Å²) in [5.74, 6) is 0.973. The van der Waals surface area contributed by atoms with E-state index in [9.17, 15) is 4.79 Å². The van der Waals surface area contributed by atoms with Gasteiger partial charge in [0.1, 0.15) is 5.82 Å². The molecule has 2 amide bonds. The molecule has 22 heavy (non-hydrogen) atoms. The molecule has 1 aromatic heterocycles. The van der Waals surface area contributed by atoms with Crippen LogP contribution in [0.2, 0.25) is 0 Å². The number of aryl methyl sites for hydroxylation is 1. The first-order chi connectivity index (χ1) is 10.6. The SMILES string of the molecule is Cc1nccn1Cc1cccc(CNC(=O)NC(C)CO)c1. The van der Waals surface area contributed by atoms with Crippen molar-refractivity contribution >= 4 is 6.03 Å². The van der Waals surface area contributed by atoms with Gasteiger partial charge in [0.15, 0.2) is 0 Å². The molecule has 1 aromatic carbocycles. The summed E-state index contributed by atoms with van der Waals surface area (Å²) in [6, 6.07) is 7.53. The van der Waals surface area contributed by atoms with Gasteiger partial charge in [0.05, 0.1) is 12.6 Å². The van der Waals surface area contributed by atoms with Crippen LogP contribution in [-0.2, 0) is 13.1 Å². The molecule has 2 rings (SSSR count). The number of nitrogens with zero attached hydrogens (tertiary/aromatic N) is 2. The Bertz CT molecular complexity index is 624. The Kier molecular flexibility index (Phi) is 5.55. The Morgan fingerprint density at radius 2 is 2.18 bits per heavy atom. The standard InChI is InChI=1S/C16H22N4O2/c1-12(11-21)19-16(22)18-9-14-4-3-5-15(8-14)10-20-7-6-17-13(20)2/h3-8,12,21H,9-11H2,1-2H3,(H2,18,19,22). The number of carbonyl (C=O) groups excluding carboxylic acids is 1. The lowest BCUT2D eigenvalue weighted by Crippen LogP contribution is -2.41. The number of aromatic nitrogens is 2. The van der Waals surface area contributed by atoms with Crippen molar-refractivity contribution < 1.29 is 9.90 Å². The van der Waals surface area contributed by atoms with Gasteiger partial charge in [0.2, 0.25) is 0 Å². The zero-order valence-electron chi connectivity index (χ0n) is 12.9. The molecule has 0 aliphatic heterocycles. The van der Waals surface area contributed by atoms with Gasteiger partial charge in [-0.05, 0) is 25.0 Å². The molecule has 0 aliphatic carbocycles. The van der Waals surface area contributed by atoms with Gasteiger partial charge in [-0.2, -0.15) is 0 Å². The van der Waals surface area contributed by atoms with E-state index in [-0.39, 0.29) is 18.7 Å². The summed E-state index contributed by atoms with van der Waals surface area (Å²) < 4.78 is 2.07. The first-order valence-corrected chi connectivity index (χ1v) is 7.29. The lowest BCUT2D eigenvalue weighted by molar-refractivity contribution is 0.220. The van der Waals surface area contributed by atoms with Crippen LogP contribution in [0.25, 0.3) is 0 Å². The molecule has 1 unspecified atom stereocenters. The van der Waals surface area contributed by atoms with Crippen LogP contribution < -0.4 is 10.6 Å². The second-order valence-electron chi connectivity index (χ2n) is 5.33. The maximum absolute atomic E-state index is 11.6. The van der Waals surface area contributed by atoms with Crippen LogP contribution in [-0.4, -0.2) is 33.3 Å². The molecule has 0 spiro atoms. The number of nitrogens with one attached hydrogen (secondary N) is 2. The molecule has 0 radical (unpaired) electrons. The topological polar surface area (TPSA) is 79.2 Å². The minimum Gasteiger partial charge on any atom is -0.394 e. The maximum Gasteiger partial charge on any atom is 0.315 e. The largest absolute Gasteiger partial charge is 0.394 e. The lowest BCUT2D eigenvalue weighted by Gasteiger charge is -2.12. The van der Waals surface area contributed by atoms with Gasteiger partial charge in [-0.1, -0.05) is 24.3 Å². The van der Waals surface area contributed by atoms with E-state index in [2.05, 4.69) is 32.3 Å². The molecule has 0 saturated carbocycles. The minimum atomic E-state index is -0.280. The summed E-state index contributed by atoms with van der Waals surface area (Å²) in [5, 5.41) is 14.3. The highest BCUT2D eigenvalue weighted by molar-refractivity contribution is 5.74. The van der Waals surface area contributed by atoms with Gasteiger partial charge in [0, 0.05) is 25.5 Å². The van der Waals surface area contributed by atoms with Crippen molar-refractivity contribution in [3.8, 4) is 0 Å². The Labute approximate surface area is 130 Å². The number of benzene rings is 1. The van der Waals surface area contributed by atoms with E-state index in [4.69, 9.17) is 5.11 Å². The predicted molar refractivity (Wildman–Crippen MR) is 84.4 cm³/mol. The van der Waals surface area contributed by atoms with E-state index in [1.54, 1.807) is 13.1 Å². The molecular weight excluding hydrogens is 280 g/mol. The molecule has 0 aliphatic rings. The van der Waals surface area contributed by atoms with Crippen LogP contribution in [0.3, 0.4) is 0 Å². The average molecular weight is 302 g/mol. The molecule has 0 saturated heterocycles. The number of urea groups is 1. The van der Waals surface area contributed by atoms with E-state index in [0.29, 0.717) is 6.54 Å². The highest BCUT2D eigenvalue weighted by Crippen LogP contribution is 2.08. The Morgan fingerprint density at radius 3 is 2.86 bits per heavy atom. The van der Waals surface area contributed by atoms with E-state index in [1.165, 1.54) is 0 Å². The van der Waals surface area contributed by atoms with Crippen molar-refractivity contribution in [2.45, 2.75) is 33.0 Å².